The molecule has 168 valence electrons. The van der Waals surface area contributed by atoms with Gasteiger partial charge in [0.25, 0.3) is 8.32 Å². The minimum atomic E-state index is -2.59. The lowest BCUT2D eigenvalue weighted by Crippen LogP contribution is -2.66. The highest BCUT2D eigenvalue weighted by atomic mass is 28.4. The molecular formula is C27H34N2O2Si. The third-order valence-electron chi connectivity index (χ3n) is 6.65. The summed E-state index contributed by atoms with van der Waals surface area (Å²) in [6, 6.07) is 23.4. The van der Waals surface area contributed by atoms with Gasteiger partial charge in [0.2, 0.25) is 0 Å². The molecule has 0 atom stereocenters. The number of nitrogens with zero attached hydrogens (tertiary/aromatic N) is 2. The number of aliphatic hydroxyl groups is 1. The van der Waals surface area contributed by atoms with Crippen molar-refractivity contribution < 1.29 is 9.53 Å². The number of benzene rings is 2. The summed E-state index contributed by atoms with van der Waals surface area (Å²) in [6.07, 6.45) is 5.23. The fraction of sp³-hybridized carbons (Fsp3) is 0.407. The van der Waals surface area contributed by atoms with Crippen molar-refractivity contribution in [3.8, 4) is 0 Å². The molecule has 0 bridgehead atoms. The molecular weight excluding hydrogens is 412 g/mol. The average Bonchev–Trinajstić information content (AvgIpc) is 2.81. The Kier molecular flexibility index (Phi) is 6.89. The van der Waals surface area contributed by atoms with Crippen LogP contribution in [0.2, 0.25) is 5.04 Å². The molecule has 1 N–H and O–H groups in total. The van der Waals surface area contributed by atoms with Crippen LogP contribution < -0.4 is 10.4 Å². The highest BCUT2D eigenvalue weighted by molar-refractivity contribution is 6.99. The van der Waals surface area contributed by atoms with E-state index in [-0.39, 0.29) is 11.1 Å². The Hall–Kier alpha value is -2.34. The van der Waals surface area contributed by atoms with E-state index >= 15 is 0 Å². The SMILES string of the molecule is CC(C)(C)[Si](OCc1ccnc([C@H]2CC[C@@H](O)CC2)n1)(c1ccccc1)c1ccccc1. The number of hydrogen-bond donors (Lipinski definition) is 1. The molecule has 0 saturated heterocycles. The molecule has 1 saturated carbocycles. The predicted octanol–water partition coefficient (Wildman–Crippen LogP) is 4.57. The van der Waals surface area contributed by atoms with Gasteiger partial charge in [-0.3, -0.25) is 0 Å². The Morgan fingerprint density at radius 1 is 0.875 bits per heavy atom. The molecule has 32 heavy (non-hydrogen) atoms. The second-order valence-electron chi connectivity index (χ2n) is 9.86. The van der Waals surface area contributed by atoms with Crippen molar-refractivity contribution in [3.63, 3.8) is 0 Å². The number of aliphatic hydroxyl groups excluding tert-OH is 1. The maximum atomic E-state index is 9.84. The largest absolute Gasteiger partial charge is 0.401 e. The zero-order chi connectivity index (χ0) is 22.6. The first kappa shape index (κ1) is 22.8. The zero-order valence-electron chi connectivity index (χ0n) is 19.4. The van der Waals surface area contributed by atoms with Crippen molar-refractivity contribution in [2.24, 2.45) is 0 Å². The van der Waals surface area contributed by atoms with E-state index in [9.17, 15) is 5.11 Å². The summed E-state index contributed by atoms with van der Waals surface area (Å²) in [5.41, 5.74) is 0.925. The topological polar surface area (TPSA) is 55.2 Å². The first-order valence-corrected chi connectivity index (χ1v) is 13.6. The summed E-state index contributed by atoms with van der Waals surface area (Å²) >= 11 is 0. The fourth-order valence-corrected chi connectivity index (χ4v) is 9.49. The van der Waals surface area contributed by atoms with Crippen LogP contribution in [0.25, 0.3) is 0 Å². The number of rotatable bonds is 6. The summed E-state index contributed by atoms with van der Waals surface area (Å²) in [5, 5.41) is 12.3. The summed E-state index contributed by atoms with van der Waals surface area (Å²) in [4.78, 5) is 9.46. The van der Waals surface area contributed by atoms with Gasteiger partial charge in [0.1, 0.15) is 5.82 Å². The van der Waals surface area contributed by atoms with Gasteiger partial charge < -0.3 is 9.53 Å². The molecule has 1 aliphatic rings. The number of aromatic nitrogens is 2. The standard InChI is InChI=1S/C27H34N2O2Si/c1-27(2,3)32(24-10-6-4-7-11-24,25-12-8-5-9-13-25)31-20-22-18-19-28-26(29-22)21-14-16-23(30)17-15-21/h4-13,18-19,21,23,30H,14-17,20H2,1-3H3/t21-,23+. The minimum Gasteiger partial charge on any atom is -0.401 e. The van der Waals surface area contributed by atoms with Crippen LogP contribution in [0.4, 0.5) is 0 Å². The Labute approximate surface area is 192 Å². The molecule has 4 rings (SSSR count). The van der Waals surface area contributed by atoms with E-state index < -0.39 is 8.32 Å². The van der Waals surface area contributed by atoms with Gasteiger partial charge >= 0.3 is 0 Å². The van der Waals surface area contributed by atoms with E-state index in [1.807, 2.05) is 12.3 Å². The van der Waals surface area contributed by atoms with Crippen LogP contribution in [-0.2, 0) is 11.0 Å². The van der Waals surface area contributed by atoms with Crippen molar-refractivity contribution in [1.29, 1.82) is 0 Å². The van der Waals surface area contributed by atoms with Crippen LogP contribution in [0, 0.1) is 0 Å². The molecule has 5 heteroatoms. The molecule has 1 heterocycles. The molecule has 0 amide bonds. The third kappa shape index (κ3) is 4.70. The lowest BCUT2D eigenvalue weighted by Gasteiger charge is -2.43. The summed E-state index contributed by atoms with van der Waals surface area (Å²) in [5.74, 6) is 1.21. The molecule has 0 aliphatic heterocycles. The van der Waals surface area contributed by atoms with E-state index in [1.54, 1.807) is 0 Å². The maximum Gasteiger partial charge on any atom is 0.261 e. The Morgan fingerprint density at radius 2 is 1.44 bits per heavy atom. The van der Waals surface area contributed by atoms with Crippen molar-refractivity contribution >= 4 is 18.7 Å². The smallest absolute Gasteiger partial charge is 0.261 e. The highest BCUT2D eigenvalue weighted by Gasteiger charge is 2.50. The molecule has 3 aromatic rings. The molecule has 1 fully saturated rings. The minimum absolute atomic E-state index is 0.0644. The van der Waals surface area contributed by atoms with Crippen LogP contribution in [0.1, 0.15) is 63.9 Å². The second kappa shape index (κ2) is 9.65. The van der Waals surface area contributed by atoms with E-state index in [0.717, 1.165) is 37.2 Å². The normalized spacial score (nSPS) is 19.6. The van der Waals surface area contributed by atoms with E-state index in [2.05, 4.69) is 86.4 Å². The zero-order valence-corrected chi connectivity index (χ0v) is 20.4. The first-order valence-electron chi connectivity index (χ1n) is 11.6. The van der Waals surface area contributed by atoms with Crippen LogP contribution in [-0.4, -0.2) is 29.5 Å². The average molecular weight is 447 g/mol. The maximum absolute atomic E-state index is 9.84. The van der Waals surface area contributed by atoms with Gasteiger partial charge in [-0.15, -0.1) is 0 Å². The van der Waals surface area contributed by atoms with Crippen LogP contribution in [0.15, 0.2) is 72.9 Å². The predicted molar refractivity (Wildman–Crippen MR) is 132 cm³/mol. The molecule has 1 aliphatic carbocycles. The molecule has 0 spiro atoms. The lowest BCUT2D eigenvalue weighted by atomic mass is 9.87. The van der Waals surface area contributed by atoms with E-state index in [1.165, 1.54) is 10.4 Å². The van der Waals surface area contributed by atoms with Crippen LogP contribution in [0.3, 0.4) is 0 Å². The van der Waals surface area contributed by atoms with Crippen molar-refractivity contribution in [1.82, 2.24) is 9.97 Å². The molecule has 0 unspecified atom stereocenters. The number of hydrogen-bond acceptors (Lipinski definition) is 4. The summed E-state index contributed by atoms with van der Waals surface area (Å²) < 4.78 is 7.02. The van der Waals surface area contributed by atoms with Gasteiger partial charge in [-0.05, 0) is 47.2 Å². The highest BCUT2D eigenvalue weighted by Crippen LogP contribution is 2.37. The Bertz CT molecular complexity index is 957. The molecule has 2 aromatic carbocycles. The Balaban J connectivity index is 1.67. The van der Waals surface area contributed by atoms with Crippen LogP contribution in [0.5, 0.6) is 0 Å². The van der Waals surface area contributed by atoms with E-state index in [4.69, 9.17) is 9.41 Å². The van der Waals surface area contributed by atoms with Gasteiger partial charge in [-0.2, -0.15) is 0 Å². The molecule has 1 aromatic heterocycles. The second-order valence-corrected chi connectivity index (χ2v) is 14.2. The lowest BCUT2D eigenvalue weighted by molar-refractivity contribution is 0.121. The third-order valence-corrected chi connectivity index (χ3v) is 11.6. The van der Waals surface area contributed by atoms with Crippen molar-refractivity contribution in [2.75, 3.05) is 0 Å². The van der Waals surface area contributed by atoms with Crippen LogP contribution >= 0.6 is 0 Å². The van der Waals surface area contributed by atoms with Gasteiger partial charge in [-0.25, -0.2) is 9.97 Å². The summed E-state index contributed by atoms with van der Waals surface area (Å²) in [7, 11) is -2.59. The van der Waals surface area contributed by atoms with Gasteiger partial charge in [0.15, 0.2) is 0 Å². The molecule has 0 radical (unpaired) electrons. The van der Waals surface area contributed by atoms with Gasteiger partial charge in [0.05, 0.1) is 18.4 Å². The fourth-order valence-electron chi connectivity index (χ4n) is 4.97. The van der Waals surface area contributed by atoms with E-state index in [0.29, 0.717) is 12.5 Å². The van der Waals surface area contributed by atoms with Gasteiger partial charge in [0, 0.05) is 12.1 Å². The van der Waals surface area contributed by atoms with Crippen molar-refractivity contribution in [2.45, 2.75) is 70.1 Å². The summed E-state index contributed by atoms with van der Waals surface area (Å²) in [6.45, 7) is 7.33. The quantitative estimate of drug-likeness (QED) is 0.564. The monoisotopic (exact) mass is 446 g/mol. The molecule has 4 nitrogen and oxygen atoms in total. The Morgan fingerprint density at radius 3 is 1.97 bits per heavy atom. The van der Waals surface area contributed by atoms with Gasteiger partial charge in [-0.1, -0.05) is 81.4 Å². The van der Waals surface area contributed by atoms with Crippen molar-refractivity contribution in [3.05, 3.63) is 84.4 Å². The first-order chi connectivity index (χ1) is 15.4.